The van der Waals surface area contributed by atoms with Crippen LogP contribution in [-0.2, 0) is 18.7 Å². The first-order chi connectivity index (χ1) is 10.1. The van der Waals surface area contributed by atoms with Crippen LogP contribution in [0.25, 0.3) is 0 Å². The van der Waals surface area contributed by atoms with Gasteiger partial charge >= 0.3 is 0 Å². The average molecular weight is 324 g/mol. The van der Waals surface area contributed by atoms with Crippen molar-refractivity contribution in [1.82, 2.24) is 10.3 Å². The van der Waals surface area contributed by atoms with E-state index in [2.05, 4.69) is 26.1 Å². The molecule has 2 nitrogen and oxygen atoms in total. The van der Waals surface area contributed by atoms with Gasteiger partial charge in [-0.2, -0.15) is 0 Å². The van der Waals surface area contributed by atoms with Crippen LogP contribution < -0.4 is 5.32 Å². The number of hydrogen-bond donors (Lipinski definition) is 1. The Morgan fingerprint density at radius 1 is 1.38 bits per heavy atom. The summed E-state index contributed by atoms with van der Waals surface area (Å²) in [6, 6.07) is 7.19. The van der Waals surface area contributed by atoms with Gasteiger partial charge in [-0.25, -0.2) is 9.37 Å². The van der Waals surface area contributed by atoms with Crippen LogP contribution in [0.4, 0.5) is 4.39 Å². The van der Waals surface area contributed by atoms with Crippen LogP contribution in [-0.4, -0.2) is 11.0 Å². The summed E-state index contributed by atoms with van der Waals surface area (Å²) in [5, 5.41) is 4.56. The third kappa shape index (κ3) is 5.09. The van der Waals surface area contributed by atoms with E-state index in [4.69, 9.17) is 4.98 Å². The van der Waals surface area contributed by atoms with E-state index in [1.165, 1.54) is 16.6 Å². The highest BCUT2D eigenvalue weighted by molar-refractivity contribution is 7.98. The fourth-order valence-corrected chi connectivity index (χ4v) is 3.95. The topological polar surface area (TPSA) is 24.9 Å². The second-order valence-corrected chi connectivity index (χ2v) is 7.33. The summed E-state index contributed by atoms with van der Waals surface area (Å²) < 4.78 is 13.2. The normalized spacial score (nSPS) is 11.3. The van der Waals surface area contributed by atoms with E-state index < -0.39 is 0 Å². The molecule has 0 aliphatic carbocycles. The first-order valence-corrected chi connectivity index (χ1v) is 8.98. The van der Waals surface area contributed by atoms with Gasteiger partial charge in [0.1, 0.15) is 10.8 Å². The van der Waals surface area contributed by atoms with Crippen molar-refractivity contribution in [3.8, 4) is 0 Å². The van der Waals surface area contributed by atoms with Crippen LogP contribution >= 0.6 is 23.1 Å². The molecule has 2 rings (SSSR count). The molecular formula is C16H21FN2S2. The number of rotatable bonds is 7. The molecule has 1 aromatic heterocycles. The number of thioether (sulfide) groups is 1. The zero-order valence-electron chi connectivity index (χ0n) is 12.6. The first-order valence-electron chi connectivity index (χ1n) is 7.17. The molecule has 0 aliphatic heterocycles. The standard InChI is InChI=1S/C16H21FN2S2/c1-4-14-15(9-18-11(2)3)21-16(19-14)10-20-13-7-5-6-12(17)8-13/h5-8,11,18H,4,9-10H2,1-3H3. The predicted octanol–water partition coefficient (Wildman–Crippen LogP) is 4.63. The van der Waals surface area contributed by atoms with Crippen molar-refractivity contribution in [2.45, 2.75) is 50.4 Å². The van der Waals surface area contributed by atoms with Gasteiger partial charge in [-0.1, -0.05) is 26.8 Å². The van der Waals surface area contributed by atoms with Crippen LogP contribution in [0.15, 0.2) is 29.2 Å². The maximum atomic E-state index is 13.2. The predicted molar refractivity (Wildman–Crippen MR) is 89.4 cm³/mol. The number of nitrogens with zero attached hydrogens (tertiary/aromatic N) is 1. The Balaban J connectivity index is 2.00. The third-order valence-corrected chi connectivity index (χ3v) is 5.27. The second kappa shape index (κ2) is 7.92. The van der Waals surface area contributed by atoms with E-state index in [1.807, 2.05) is 6.07 Å². The van der Waals surface area contributed by atoms with Crippen LogP contribution in [0.3, 0.4) is 0 Å². The van der Waals surface area contributed by atoms with Crippen LogP contribution in [0.2, 0.25) is 0 Å². The third-order valence-electron chi connectivity index (χ3n) is 2.99. The maximum absolute atomic E-state index is 13.2. The molecular weight excluding hydrogens is 303 g/mol. The van der Waals surface area contributed by atoms with Crippen molar-refractivity contribution in [3.63, 3.8) is 0 Å². The average Bonchev–Trinajstić information content (AvgIpc) is 2.85. The van der Waals surface area contributed by atoms with Gasteiger partial charge in [-0.3, -0.25) is 0 Å². The minimum Gasteiger partial charge on any atom is -0.310 e. The fraction of sp³-hybridized carbons (Fsp3) is 0.438. The molecule has 1 N–H and O–H groups in total. The summed E-state index contributed by atoms with van der Waals surface area (Å²) in [6.45, 7) is 7.31. The quantitative estimate of drug-likeness (QED) is 0.751. The minimum absolute atomic E-state index is 0.185. The maximum Gasteiger partial charge on any atom is 0.124 e. The molecule has 0 fully saturated rings. The highest BCUT2D eigenvalue weighted by Crippen LogP contribution is 2.27. The number of nitrogens with one attached hydrogen (secondary N) is 1. The summed E-state index contributed by atoms with van der Waals surface area (Å²) in [7, 11) is 0. The molecule has 5 heteroatoms. The number of aromatic nitrogens is 1. The smallest absolute Gasteiger partial charge is 0.124 e. The molecule has 0 aliphatic rings. The van der Waals surface area contributed by atoms with Gasteiger partial charge in [0.15, 0.2) is 0 Å². The van der Waals surface area contributed by atoms with Crippen LogP contribution in [0, 0.1) is 5.82 Å². The van der Waals surface area contributed by atoms with E-state index in [-0.39, 0.29) is 5.82 Å². The lowest BCUT2D eigenvalue weighted by Crippen LogP contribution is -2.21. The molecule has 0 unspecified atom stereocenters. The Kier molecular flexibility index (Phi) is 6.21. The van der Waals surface area contributed by atoms with Crippen molar-refractivity contribution in [3.05, 3.63) is 45.7 Å². The van der Waals surface area contributed by atoms with Gasteiger partial charge in [-0.05, 0) is 24.6 Å². The zero-order valence-corrected chi connectivity index (χ0v) is 14.3. The minimum atomic E-state index is -0.185. The molecule has 0 atom stereocenters. The molecule has 0 saturated heterocycles. The molecule has 0 radical (unpaired) electrons. The largest absolute Gasteiger partial charge is 0.310 e. The van der Waals surface area contributed by atoms with E-state index in [9.17, 15) is 4.39 Å². The Morgan fingerprint density at radius 2 is 2.19 bits per heavy atom. The molecule has 21 heavy (non-hydrogen) atoms. The molecule has 0 spiro atoms. The van der Waals surface area contributed by atoms with Crippen molar-refractivity contribution >= 4 is 23.1 Å². The summed E-state index contributed by atoms with van der Waals surface area (Å²) >= 11 is 3.39. The molecule has 1 heterocycles. The van der Waals surface area contributed by atoms with Gasteiger partial charge in [0.25, 0.3) is 0 Å². The van der Waals surface area contributed by atoms with Gasteiger partial charge < -0.3 is 5.32 Å². The van der Waals surface area contributed by atoms with E-state index in [1.54, 1.807) is 35.2 Å². The summed E-state index contributed by atoms with van der Waals surface area (Å²) in [5.41, 5.74) is 1.18. The lowest BCUT2D eigenvalue weighted by molar-refractivity contribution is 0.590. The van der Waals surface area contributed by atoms with Gasteiger partial charge in [0, 0.05) is 22.4 Å². The number of benzene rings is 1. The lowest BCUT2D eigenvalue weighted by Gasteiger charge is -2.06. The fourth-order valence-electron chi connectivity index (χ4n) is 1.91. The molecule has 1 aromatic carbocycles. The molecule has 0 amide bonds. The van der Waals surface area contributed by atoms with Crippen molar-refractivity contribution in [2.24, 2.45) is 0 Å². The number of hydrogen-bond acceptors (Lipinski definition) is 4. The van der Waals surface area contributed by atoms with E-state index >= 15 is 0 Å². The van der Waals surface area contributed by atoms with E-state index in [0.717, 1.165) is 28.6 Å². The van der Waals surface area contributed by atoms with Crippen molar-refractivity contribution in [2.75, 3.05) is 0 Å². The Hall–Kier alpha value is -0.910. The van der Waals surface area contributed by atoms with Crippen LogP contribution in [0.5, 0.6) is 0 Å². The van der Waals surface area contributed by atoms with Gasteiger partial charge in [-0.15, -0.1) is 23.1 Å². The SMILES string of the molecule is CCc1nc(CSc2cccc(F)c2)sc1CNC(C)C. The lowest BCUT2D eigenvalue weighted by atomic mass is 10.3. The molecule has 114 valence electrons. The number of aryl methyl sites for hydroxylation is 1. The van der Waals surface area contributed by atoms with Crippen molar-refractivity contribution in [1.29, 1.82) is 0 Å². The number of thiazole rings is 1. The van der Waals surface area contributed by atoms with Gasteiger partial charge in [0.2, 0.25) is 0 Å². The van der Waals surface area contributed by atoms with Crippen molar-refractivity contribution < 1.29 is 4.39 Å². The summed E-state index contributed by atoms with van der Waals surface area (Å²) in [5.74, 6) is 0.609. The second-order valence-electron chi connectivity index (χ2n) is 5.11. The van der Waals surface area contributed by atoms with Crippen LogP contribution in [0.1, 0.15) is 36.3 Å². The van der Waals surface area contributed by atoms with E-state index in [0.29, 0.717) is 6.04 Å². The highest BCUT2D eigenvalue weighted by atomic mass is 32.2. The molecule has 0 bridgehead atoms. The Labute approximate surface area is 134 Å². The zero-order chi connectivity index (χ0) is 15.2. The summed E-state index contributed by atoms with van der Waals surface area (Å²) in [6.07, 6.45) is 0.955. The molecule has 0 saturated carbocycles. The highest BCUT2D eigenvalue weighted by Gasteiger charge is 2.10. The first kappa shape index (κ1) is 16.5. The number of halogens is 1. The monoisotopic (exact) mass is 324 g/mol. The Morgan fingerprint density at radius 3 is 2.86 bits per heavy atom. The van der Waals surface area contributed by atoms with Gasteiger partial charge in [0.05, 0.1) is 11.4 Å². The molecule has 2 aromatic rings. The summed E-state index contributed by atoms with van der Waals surface area (Å²) in [4.78, 5) is 6.98. The Bertz CT molecular complexity index is 581.